The summed E-state index contributed by atoms with van der Waals surface area (Å²) in [7, 11) is 0. The van der Waals surface area contributed by atoms with Crippen molar-refractivity contribution in [3.63, 3.8) is 0 Å². The topological polar surface area (TPSA) is 20.2 Å². The molecule has 1 aromatic rings. The summed E-state index contributed by atoms with van der Waals surface area (Å²) < 4.78 is 0.962. The van der Waals surface area contributed by atoms with Crippen LogP contribution in [0.25, 0.3) is 0 Å². The molecule has 1 nitrogen and oxygen atoms in total. The van der Waals surface area contributed by atoms with Crippen molar-refractivity contribution < 1.29 is 5.11 Å². The second kappa shape index (κ2) is 4.43. The van der Waals surface area contributed by atoms with E-state index in [2.05, 4.69) is 22.5 Å². The van der Waals surface area contributed by atoms with E-state index in [1.54, 1.807) is 0 Å². The molecule has 2 heteroatoms. The van der Waals surface area contributed by atoms with E-state index >= 15 is 0 Å². The average Bonchev–Trinajstić information content (AvgIpc) is 2.05. The third-order valence-corrected chi connectivity index (χ3v) is 2.41. The number of hydrogen-bond donors (Lipinski definition) is 1. The van der Waals surface area contributed by atoms with E-state index in [1.807, 2.05) is 24.3 Å². The van der Waals surface area contributed by atoms with E-state index in [-0.39, 0.29) is 6.61 Å². The van der Waals surface area contributed by atoms with E-state index in [0.717, 1.165) is 16.5 Å². The molecule has 0 aromatic heterocycles. The molecule has 0 aliphatic carbocycles. The zero-order valence-corrected chi connectivity index (χ0v) is 8.34. The average molecular weight is 227 g/mol. The zero-order chi connectivity index (χ0) is 8.97. The van der Waals surface area contributed by atoms with Crippen LogP contribution in [-0.4, -0.2) is 5.11 Å². The smallest absolute Gasteiger partial charge is 0.0692 e. The molecular formula is C10H11BrO. The summed E-state index contributed by atoms with van der Waals surface area (Å²) in [5.41, 5.74) is 2.12. The molecule has 0 atom stereocenters. The van der Waals surface area contributed by atoms with Crippen LogP contribution in [-0.2, 0) is 13.0 Å². The van der Waals surface area contributed by atoms with Crippen molar-refractivity contribution in [3.05, 3.63) is 46.5 Å². The van der Waals surface area contributed by atoms with Gasteiger partial charge in [-0.1, -0.05) is 34.1 Å². The molecule has 0 amide bonds. The van der Waals surface area contributed by atoms with Crippen LogP contribution in [0.3, 0.4) is 0 Å². The van der Waals surface area contributed by atoms with Crippen molar-refractivity contribution >= 4 is 15.9 Å². The highest BCUT2D eigenvalue weighted by molar-refractivity contribution is 9.10. The normalized spacial score (nSPS) is 9.83. The summed E-state index contributed by atoms with van der Waals surface area (Å²) in [5, 5.41) is 8.89. The van der Waals surface area contributed by atoms with Crippen LogP contribution in [0.5, 0.6) is 0 Å². The number of hydrogen-bond acceptors (Lipinski definition) is 1. The lowest BCUT2D eigenvalue weighted by atomic mass is 10.1. The number of aliphatic hydroxyl groups is 1. The van der Waals surface area contributed by atoms with Crippen LogP contribution < -0.4 is 0 Å². The summed E-state index contributed by atoms with van der Waals surface area (Å²) in [6, 6.07) is 5.92. The van der Waals surface area contributed by atoms with Gasteiger partial charge in [0, 0.05) is 4.47 Å². The number of allylic oxidation sites excluding steroid dienone is 1. The van der Waals surface area contributed by atoms with Gasteiger partial charge in [-0.15, -0.1) is 6.58 Å². The number of benzene rings is 1. The van der Waals surface area contributed by atoms with Gasteiger partial charge in [0.1, 0.15) is 0 Å². The van der Waals surface area contributed by atoms with Crippen LogP contribution >= 0.6 is 15.9 Å². The van der Waals surface area contributed by atoms with Crippen molar-refractivity contribution in [2.75, 3.05) is 0 Å². The fourth-order valence-electron chi connectivity index (χ4n) is 1.01. The van der Waals surface area contributed by atoms with Gasteiger partial charge in [-0.2, -0.15) is 0 Å². The summed E-state index contributed by atoms with van der Waals surface area (Å²) >= 11 is 3.38. The molecule has 0 aliphatic heterocycles. The molecular weight excluding hydrogens is 216 g/mol. The molecule has 0 aliphatic rings. The summed E-state index contributed by atoms with van der Waals surface area (Å²) in [4.78, 5) is 0. The Morgan fingerprint density at radius 2 is 2.25 bits per heavy atom. The quantitative estimate of drug-likeness (QED) is 0.787. The van der Waals surface area contributed by atoms with Crippen molar-refractivity contribution in [3.8, 4) is 0 Å². The molecule has 0 saturated heterocycles. The third kappa shape index (κ3) is 2.19. The van der Waals surface area contributed by atoms with Gasteiger partial charge in [-0.25, -0.2) is 0 Å². The van der Waals surface area contributed by atoms with Crippen LogP contribution in [0.1, 0.15) is 11.1 Å². The zero-order valence-electron chi connectivity index (χ0n) is 6.76. The van der Waals surface area contributed by atoms with Crippen molar-refractivity contribution in [1.29, 1.82) is 0 Å². The Hall–Kier alpha value is -0.600. The maximum absolute atomic E-state index is 8.89. The van der Waals surface area contributed by atoms with Gasteiger partial charge in [-0.05, 0) is 23.6 Å². The molecule has 0 bridgehead atoms. The standard InChI is InChI=1S/C10H11BrO/c1-2-3-8-4-5-9(7-12)10(11)6-8/h2,4-6,12H,1,3,7H2. The molecule has 1 aromatic carbocycles. The van der Waals surface area contributed by atoms with E-state index in [4.69, 9.17) is 5.11 Å². The van der Waals surface area contributed by atoms with Crippen LogP contribution in [0.4, 0.5) is 0 Å². The van der Waals surface area contributed by atoms with Crippen LogP contribution in [0.2, 0.25) is 0 Å². The second-order valence-electron chi connectivity index (χ2n) is 2.58. The lowest BCUT2D eigenvalue weighted by Gasteiger charge is -2.02. The lowest BCUT2D eigenvalue weighted by Crippen LogP contribution is -1.87. The first-order valence-corrected chi connectivity index (χ1v) is 4.56. The predicted molar refractivity (Wildman–Crippen MR) is 54.0 cm³/mol. The third-order valence-electron chi connectivity index (χ3n) is 1.67. The SMILES string of the molecule is C=CCc1ccc(CO)c(Br)c1. The Labute approximate surface area is 80.9 Å². The van der Waals surface area contributed by atoms with E-state index in [1.165, 1.54) is 5.56 Å². The predicted octanol–water partition coefficient (Wildman–Crippen LogP) is 2.67. The highest BCUT2D eigenvalue weighted by Gasteiger charge is 1.98. The molecule has 12 heavy (non-hydrogen) atoms. The van der Waals surface area contributed by atoms with Crippen LogP contribution in [0, 0.1) is 0 Å². The Morgan fingerprint density at radius 1 is 1.50 bits per heavy atom. The largest absolute Gasteiger partial charge is 0.392 e. The molecule has 0 unspecified atom stereocenters. The monoisotopic (exact) mass is 226 g/mol. The van der Waals surface area contributed by atoms with Gasteiger partial charge in [0.15, 0.2) is 0 Å². The van der Waals surface area contributed by atoms with Crippen molar-refractivity contribution in [2.45, 2.75) is 13.0 Å². The summed E-state index contributed by atoms with van der Waals surface area (Å²) in [6.45, 7) is 3.74. The maximum atomic E-state index is 8.89. The molecule has 0 fully saturated rings. The minimum absolute atomic E-state index is 0.0783. The Bertz CT molecular complexity index is 281. The van der Waals surface area contributed by atoms with E-state index in [9.17, 15) is 0 Å². The molecule has 0 spiro atoms. The number of halogens is 1. The van der Waals surface area contributed by atoms with Gasteiger partial charge in [0.25, 0.3) is 0 Å². The Kier molecular flexibility index (Phi) is 3.50. The fourth-order valence-corrected chi connectivity index (χ4v) is 1.56. The van der Waals surface area contributed by atoms with Gasteiger partial charge in [0.05, 0.1) is 6.61 Å². The molecule has 1 N–H and O–H groups in total. The van der Waals surface area contributed by atoms with Crippen LogP contribution in [0.15, 0.2) is 35.3 Å². The Balaban J connectivity index is 2.93. The van der Waals surface area contributed by atoms with Crippen molar-refractivity contribution in [1.82, 2.24) is 0 Å². The highest BCUT2D eigenvalue weighted by Crippen LogP contribution is 2.18. The molecule has 0 radical (unpaired) electrons. The lowest BCUT2D eigenvalue weighted by molar-refractivity contribution is 0.281. The number of aliphatic hydroxyl groups excluding tert-OH is 1. The molecule has 1 rings (SSSR count). The molecule has 0 saturated carbocycles. The maximum Gasteiger partial charge on any atom is 0.0692 e. The van der Waals surface area contributed by atoms with Gasteiger partial charge >= 0.3 is 0 Å². The fraction of sp³-hybridized carbons (Fsp3) is 0.200. The van der Waals surface area contributed by atoms with Gasteiger partial charge in [-0.3, -0.25) is 0 Å². The minimum Gasteiger partial charge on any atom is -0.392 e. The summed E-state index contributed by atoms with van der Waals surface area (Å²) in [5.74, 6) is 0. The van der Waals surface area contributed by atoms with E-state index < -0.39 is 0 Å². The molecule has 64 valence electrons. The summed E-state index contributed by atoms with van der Waals surface area (Å²) in [6.07, 6.45) is 2.73. The first kappa shape index (κ1) is 9.49. The first-order valence-electron chi connectivity index (χ1n) is 3.77. The van der Waals surface area contributed by atoms with Crippen molar-refractivity contribution in [2.24, 2.45) is 0 Å². The van der Waals surface area contributed by atoms with E-state index in [0.29, 0.717) is 0 Å². The van der Waals surface area contributed by atoms with Gasteiger partial charge in [0.2, 0.25) is 0 Å². The first-order chi connectivity index (χ1) is 5.77. The minimum atomic E-state index is 0.0783. The van der Waals surface area contributed by atoms with Gasteiger partial charge < -0.3 is 5.11 Å². The Morgan fingerprint density at radius 3 is 2.75 bits per heavy atom. The molecule has 0 heterocycles. The second-order valence-corrected chi connectivity index (χ2v) is 3.43. The highest BCUT2D eigenvalue weighted by atomic mass is 79.9. The number of rotatable bonds is 3.